The van der Waals surface area contributed by atoms with E-state index in [4.69, 9.17) is 5.10 Å². The first-order valence-corrected chi connectivity index (χ1v) is 10.1. The number of hydrogen-bond acceptors (Lipinski definition) is 3. The molecule has 1 aliphatic rings. The van der Waals surface area contributed by atoms with Gasteiger partial charge in [-0.2, -0.15) is 16.9 Å². The van der Waals surface area contributed by atoms with Gasteiger partial charge in [-0.1, -0.05) is 48.0 Å². The third-order valence-corrected chi connectivity index (χ3v) is 5.57. The Morgan fingerprint density at radius 2 is 1.96 bits per heavy atom. The molecule has 0 radical (unpaired) electrons. The van der Waals surface area contributed by atoms with Crippen molar-refractivity contribution in [3.8, 4) is 5.69 Å². The molecule has 0 atom stereocenters. The van der Waals surface area contributed by atoms with Gasteiger partial charge in [0.25, 0.3) is 0 Å². The van der Waals surface area contributed by atoms with Gasteiger partial charge in [0.1, 0.15) is 5.82 Å². The van der Waals surface area contributed by atoms with Crippen LogP contribution in [0.25, 0.3) is 11.8 Å². The predicted molar refractivity (Wildman–Crippen MR) is 112 cm³/mol. The van der Waals surface area contributed by atoms with E-state index >= 15 is 0 Å². The van der Waals surface area contributed by atoms with E-state index in [0.29, 0.717) is 0 Å². The molecular formula is C22H21N3OS. The van der Waals surface area contributed by atoms with Gasteiger partial charge < -0.3 is 5.32 Å². The molecule has 0 bridgehead atoms. The van der Waals surface area contributed by atoms with Gasteiger partial charge in [-0.25, -0.2) is 4.68 Å². The summed E-state index contributed by atoms with van der Waals surface area (Å²) >= 11 is 1.83. The number of amides is 1. The molecule has 1 aliphatic heterocycles. The number of nitrogens with zero attached hydrogens (tertiary/aromatic N) is 2. The van der Waals surface area contributed by atoms with Crippen LogP contribution in [0.5, 0.6) is 0 Å². The zero-order valence-electron chi connectivity index (χ0n) is 15.4. The quantitative estimate of drug-likeness (QED) is 0.661. The number of benzene rings is 2. The number of aryl methyl sites for hydroxylation is 2. The molecule has 136 valence electrons. The summed E-state index contributed by atoms with van der Waals surface area (Å²) in [5.74, 6) is 2.39. The molecule has 4 rings (SSSR count). The lowest BCUT2D eigenvalue weighted by atomic mass is 10.1. The van der Waals surface area contributed by atoms with Crippen LogP contribution in [0, 0.1) is 13.8 Å². The van der Waals surface area contributed by atoms with Gasteiger partial charge in [-0.15, -0.1) is 0 Å². The zero-order chi connectivity index (χ0) is 18.8. The Hall–Kier alpha value is -2.79. The fraction of sp³-hybridized carbons (Fsp3) is 0.182. The summed E-state index contributed by atoms with van der Waals surface area (Å²) in [7, 11) is 0. The summed E-state index contributed by atoms with van der Waals surface area (Å²) < 4.78 is 1.88. The normalized spacial score (nSPS) is 13.1. The van der Waals surface area contributed by atoms with Gasteiger partial charge in [0.2, 0.25) is 5.91 Å². The van der Waals surface area contributed by atoms with Crippen LogP contribution in [0.15, 0.2) is 54.6 Å². The fourth-order valence-electron chi connectivity index (χ4n) is 3.25. The Morgan fingerprint density at radius 1 is 1.15 bits per heavy atom. The number of anilines is 1. The molecule has 1 N–H and O–H groups in total. The molecule has 0 saturated heterocycles. The second-order valence-corrected chi connectivity index (χ2v) is 7.69. The minimum atomic E-state index is -0.149. The first-order valence-electron chi connectivity index (χ1n) is 8.92. The molecule has 0 aliphatic carbocycles. The summed E-state index contributed by atoms with van der Waals surface area (Å²) in [5, 5.41) is 7.84. The van der Waals surface area contributed by atoms with Gasteiger partial charge >= 0.3 is 0 Å². The summed E-state index contributed by atoms with van der Waals surface area (Å²) in [5.41, 5.74) is 6.53. The van der Waals surface area contributed by atoms with Crippen molar-refractivity contribution in [2.24, 2.45) is 0 Å². The average Bonchev–Trinajstić information content (AvgIpc) is 3.24. The second kappa shape index (κ2) is 7.45. The molecule has 2 heterocycles. The van der Waals surface area contributed by atoms with E-state index in [9.17, 15) is 4.79 Å². The fourth-order valence-corrected chi connectivity index (χ4v) is 4.29. The Labute approximate surface area is 163 Å². The van der Waals surface area contributed by atoms with E-state index in [0.717, 1.165) is 45.4 Å². The maximum absolute atomic E-state index is 12.6. The van der Waals surface area contributed by atoms with Crippen LogP contribution < -0.4 is 5.32 Å². The molecule has 4 nitrogen and oxygen atoms in total. The SMILES string of the molecule is Cc1ccc(-n2nc3c(c2NC(=O)C=Cc2ccccc2)CSC3)c(C)c1. The molecule has 27 heavy (non-hydrogen) atoms. The highest BCUT2D eigenvalue weighted by atomic mass is 32.2. The maximum atomic E-state index is 12.6. The van der Waals surface area contributed by atoms with E-state index in [-0.39, 0.29) is 5.91 Å². The number of thioether (sulfide) groups is 1. The third-order valence-electron chi connectivity index (χ3n) is 4.60. The van der Waals surface area contributed by atoms with Crippen molar-refractivity contribution in [1.29, 1.82) is 0 Å². The van der Waals surface area contributed by atoms with E-state index in [1.165, 1.54) is 5.56 Å². The smallest absolute Gasteiger partial charge is 0.249 e. The van der Waals surface area contributed by atoms with Crippen molar-refractivity contribution >= 4 is 29.6 Å². The first-order chi connectivity index (χ1) is 13.1. The molecule has 2 aromatic carbocycles. The van der Waals surface area contributed by atoms with Crippen molar-refractivity contribution in [2.75, 3.05) is 5.32 Å². The summed E-state index contributed by atoms with van der Waals surface area (Å²) in [6.45, 7) is 4.15. The van der Waals surface area contributed by atoms with Crippen LogP contribution in [0.4, 0.5) is 5.82 Å². The third kappa shape index (κ3) is 3.69. The summed E-state index contributed by atoms with van der Waals surface area (Å²) in [6, 6.07) is 16.1. The first kappa shape index (κ1) is 17.6. The van der Waals surface area contributed by atoms with Crippen LogP contribution in [0.3, 0.4) is 0 Å². The van der Waals surface area contributed by atoms with Crippen LogP contribution in [0.1, 0.15) is 27.9 Å². The minimum Gasteiger partial charge on any atom is -0.307 e. The lowest BCUT2D eigenvalue weighted by molar-refractivity contribution is -0.111. The van der Waals surface area contributed by atoms with E-state index in [2.05, 4.69) is 37.4 Å². The number of nitrogens with one attached hydrogen (secondary N) is 1. The van der Waals surface area contributed by atoms with Crippen LogP contribution >= 0.6 is 11.8 Å². The number of aromatic nitrogens is 2. The lowest BCUT2D eigenvalue weighted by Gasteiger charge is -2.12. The van der Waals surface area contributed by atoms with Crippen molar-refractivity contribution in [3.63, 3.8) is 0 Å². The highest BCUT2D eigenvalue weighted by Crippen LogP contribution is 2.36. The second-order valence-electron chi connectivity index (χ2n) is 6.70. The van der Waals surface area contributed by atoms with Gasteiger partial charge in [0, 0.05) is 23.1 Å². The number of hydrogen-bond donors (Lipinski definition) is 1. The molecule has 1 aromatic heterocycles. The van der Waals surface area contributed by atoms with Crippen LogP contribution in [-0.4, -0.2) is 15.7 Å². The van der Waals surface area contributed by atoms with Gasteiger partial charge in [-0.3, -0.25) is 4.79 Å². The van der Waals surface area contributed by atoms with Gasteiger partial charge in [-0.05, 0) is 37.1 Å². The summed E-state index contributed by atoms with van der Waals surface area (Å²) in [4.78, 5) is 12.6. The Balaban J connectivity index is 1.66. The van der Waals surface area contributed by atoms with Crippen LogP contribution in [0.2, 0.25) is 0 Å². The Morgan fingerprint density at radius 3 is 2.74 bits per heavy atom. The molecule has 3 aromatic rings. The lowest BCUT2D eigenvalue weighted by Crippen LogP contribution is -2.14. The van der Waals surface area contributed by atoms with E-state index in [1.54, 1.807) is 6.08 Å². The van der Waals surface area contributed by atoms with Crippen molar-refractivity contribution < 1.29 is 4.79 Å². The van der Waals surface area contributed by atoms with Crippen molar-refractivity contribution in [2.45, 2.75) is 25.4 Å². The largest absolute Gasteiger partial charge is 0.307 e. The topological polar surface area (TPSA) is 46.9 Å². The van der Waals surface area contributed by atoms with Crippen LogP contribution in [-0.2, 0) is 16.3 Å². The van der Waals surface area contributed by atoms with E-state index in [1.807, 2.05) is 52.9 Å². The summed E-state index contributed by atoms with van der Waals surface area (Å²) in [6.07, 6.45) is 3.39. The number of rotatable bonds is 4. The standard InChI is InChI=1S/C22H21N3OS/c1-15-8-10-20(16(2)12-15)25-22(18-13-27-14-19(18)24-25)23-21(26)11-9-17-6-4-3-5-7-17/h3-12H,13-14H2,1-2H3,(H,23,26). The monoisotopic (exact) mass is 375 g/mol. The zero-order valence-corrected chi connectivity index (χ0v) is 16.2. The molecule has 5 heteroatoms. The highest BCUT2D eigenvalue weighted by molar-refractivity contribution is 7.98. The molecule has 0 fully saturated rings. The molecule has 0 spiro atoms. The minimum absolute atomic E-state index is 0.149. The van der Waals surface area contributed by atoms with Crippen molar-refractivity contribution in [3.05, 3.63) is 82.6 Å². The number of carbonyl (C=O) groups is 1. The van der Waals surface area contributed by atoms with Gasteiger partial charge in [0.05, 0.1) is 11.4 Å². The predicted octanol–water partition coefficient (Wildman–Crippen LogP) is 4.89. The number of fused-ring (bicyclic) bond motifs is 1. The van der Waals surface area contributed by atoms with Gasteiger partial charge in [0.15, 0.2) is 0 Å². The van der Waals surface area contributed by atoms with Crippen molar-refractivity contribution in [1.82, 2.24) is 9.78 Å². The Kier molecular flexibility index (Phi) is 4.86. The number of carbonyl (C=O) groups excluding carboxylic acids is 1. The maximum Gasteiger partial charge on any atom is 0.249 e. The molecule has 0 unspecified atom stereocenters. The molecule has 1 amide bonds. The average molecular weight is 375 g/mol. The molecule has 0 saturated carbocycles. The molecular weight excluding hydrogens is 354 g/mol. The highest BCUT2D eigenvalue weighted by Gasteiger charge is 2.24. The Bertz CT molecular complexity index is 1020. The van der Waals surface area contributed by atoms with E-state index < -0.39 is 0 Å².